The summed E-state index contributed by atoms with van der Waals surface area (Å²) in [6.07, 6.45) is 1.20. The second kappa shape index (κ2) is 4.63. The number of benzene rings is 2. The summed E-state index contributed by atoms with van der Waals surface area (Å²) in [5.74, 6) is 0.785. The molecule has 1 atom stereocenters. The van der Waals surface area contributed by atoms with Crippen LogP contribution in [0.3, 0.4) is 0 Å². The van der Waals surface area contributed by atoms with E-state index in [9.17, 15) is 15.3 Å². The smallest absolute Gasteiger partial charge is 0.130 e. The zero-order valence-corrected chi connectivity index (χ0v) is 11.1. The van der Waals surface area contributed by atoms with Crippen molar-refractivity contribution in [3.8, 4) is 23.0 Å². The molecule has 2 aromatic rings. The molecule has 1 heterocycles. The van der Waals surface area contributed by atoms with Crippen molar-refractivity contribution in [3.05, 3.63) is 47.0 Å². The minimum absolute atomic E-state index is 0.0198. The van der Waals surface area contributed by atoms with E-state index in [1.54, 1.807) is 6.07 Å². The second-order valence-electron chi connectivity index (χ2n) is 5.13. The van der Waals surface area contributed by atoms with Gasteiger partial charge in [0.05, 0.1) is 0 Å². The van der Waals surface area contributed by atoms with Crippen LogP contribution < -0.4 is 4.74 Å². The number of aryl methyl sites for hydroxylation is 1. The first-order valence-electron chi connectivity index (χ1n) is 6.55. The maximum Gasteiger partial charge on any atom is 0.130 e. The fourth-order valence-corrected chi connectivity index (χ4v) is 2.52. The molecular weight excluding hydrogens is 256 g/mol. The number of rotatable bonds is 1. The Bertz CT molecular complexity index is 664. The molecule has 1 aliphatic rings. The zero-order chi connectivity index (χ0) is 14.3. The lowest BCUT2D eigenvalue weighted by atomic mass is 9.96. The first kappa shape index (κ1) is 12.7. The van der Waals surface area contributed by atoms with E-state index in [1.807, 2.05) is 19.1 Å². The quantitative estimate of drug-likeness (QED) is 0.745. The van der Waals surface area contributed by atoms with Gasteiger partial charge < -0.3 is 20.1 Å². The third kappa shape index (κ3) is 2.13. The molecule has 0 radical (unpaired) electrons. The van der Waals surface area contributed by atoms with E-state index in [2.05, 4.69) is 0 Å². The molecule has 0 spiro atoms. The Labute approximate surface area is 116 Å². The van der Waals surface area contributed by atoms with Gasteiger partial charge in [0, 0.05) is 17.7 Å². The normalized spacial score (nSPS) is 17.4. The van der Waals surface area contributed by atoms with E-state index < -0.39 is 0 Å². The van der Waals surface area contributed by atoms with Crippen LogP contribution in [0.5, 0.6) is 23.0 Å². The van der Waals surface area contributed by atoms with Crippen LogP contribution in [0.25, 0.3) is 0 Å². The van der Waals surface area contributed by atoms with E-state index in [1.165, 1.54) is 12.1 Å². The zero-order valence-electron chi connectivity index (χ0n) is 11.1. The number of phenolic OH excluding ortho intramolecular Hbond substituents is 3. The number of fused-ring (bicyclic) bond motifs is 1. The summed E-state index contributed by atoms with van der Waals surface area (Å²) < 4.78 is 5.84. The van der Waals surface area contributed by atoms with Crippen molar-refractivity contribution in [3.63, 3.8) is 0 Å². The van der Waals surface area contributed by atoms with E-state index in [4.69, 9.17) is 4.74 Å². The molecule has 2 aromatic carbocycles. The molecule has 3 rings (SSSR count). The van der Waals surface area contributed by atoms with Crippen molar-refractivity contribution in [1.29, 1.82) is 0 Å². The topological polar surface area (TPSA) is 69.9 Å². The van der Waals surface area contributed by atoms with Crippen LogP contribution >= 0.6 is 0 Å². The number of hydrogen-bond donors (Lipinski definition) is 3. The highest BCUT2D eigenvalue weighted by molar-refractivity contribution is 5.51. The third-order valence-electron chi connectivity index (χ3n) is 3.70. The van der Waals surface area contributed by atoms with Gasteiger partial charge in [0.2, 0.25) is 0 Å². The van der Waals surface area contributed by atoms with Gasteiger partial charge in [-0.05, 0) is 37.0 Å². The lowest BCUT2D eigenvalue weighted by Gasteiger charge is -2.27. The van der Waals surface area contributed by atoms with Crippen LogP contribution in [0.15, 0.2) is 30.3 Å². The molecule has 4 heteroatoms. The summed E-state index contributed by atoms with van der Waals surface area (Å²) >= 11 is 0. The van der Waals surface area contributed by atoms with Gasteiger partial charge >= 0.3 is 0 Å². The van der Waals surface area contributed by atoms with E-state index >= 15 is 0 Å². The molecule has 20 heavy (non-hydrogen) atoms. The molecular formula is C16H16O4. The fraction of sp³-hybridized carbons (Fsp3) is 0.250. The van der Waals surface area contributed by atoms with Crippen LogP contribution in [-0.4, -0.2) is 15.3 Å². The summed E-state index contributed by atoms with van der Waals surface area (Å²) in [4.78, 5) is 0. The molecule has 0 saturated heterocycles. The van der Waals surface area contributed by atoms with Crippen molar-refractivity contribution in [1.82, 2.24) is 0 Å². The van der Waals surface area contributed by atoms with Crippen LogP contribution in [0.2, 0.25) is 0 Å². The van der Waals surface area contributed by atoms with Crippen molar-refractivity contribution in [2.24, 2.45) is 0 Å². The molecule has 0 fully saturated rings. The summed E-state index contributed by atoms with van der Waals surface area (Å²) in [5.41, 5.74) is 2.43. The maximum absolute atomic E-state index is 9.79. The van der Waals surface area contributed by atoms with Gasteiger partial charge in [-0.15, -0.1) is 0 Å². The van der Waals surface area contributed by atoms with E-state index in [-0.39, 0.29) is 23.4 Å². The number of hydrogen-bond acceptors (Lipinski definition) is 4. The maximum atomic E-state index is 9.79. The van der Waals surface area contributed by atoms with Gasteiger partial charge in [-0.3, -0.25) is 0 Å². The number of phenols is 3. The average molecular weight is 272 g/mol. The Morgan fingerprint density at radius 1 is 1.05 bits per heavy atom. The van der Waals surface area contributed by atoms with Crippen LogP contribution in [0, 0.1) is 6.92 Å². The first-order valence-corrected chi connectivity index (χ1v) is 6.55. The van der Waals surface area contributed by atoms with Crippen molar-refractivity contribution in [2.45, 2.75) is 25.9 Å². The SMILES string of the molecule is Cc1ccc(C2CCc3c(O)cc(O)cc3O2)cc1O. The Morgan fingerprint density at radius 3 is 2.60 bits per heavy atom. The lowest BCUT2D eigenvalue weighted by molar-refractivity contribution is 0.173. The first-order chi connectivity index (χ1) is 9.54. The highest BCUT2D eigenvalue weighted by Gasteiger charge is 2.24. The average Bonchev–Trinajstić information content (AvgIpc) is 2.41. The standard InChI is InChI=1S/C16H16O4/c1-9-2-3-10(6-13(9)18)15-5-4-12-14(19)7-11(17)8-16(12)20-15/h2-3,6-8,15,17-19H,4-5H2,1H3. The molecule has 104 valence electrons. The predicted octanol–water partition coefficient (Wildman–Crippen LogP) is 3.18. The molecule has 0 aromatic heterocycles. The molecule has 0 saturated carbocycles. The van der Waals surface area contributed by atoms with Gasteiger partial charge in [-0.25, -0.2) is 0 Å². The summed E-state index contributed by atoms with van der Waals surface area (Å²) in [7, 11) is 0. The van der Waals surface area contributed by atoms with Gasteiger partial charge in [0.25, 0.3) is 0 Å². The molecule has 0 aliphatic carbocycles. The molecule has 1 unspecified atom stereocenters. The summed E-state index contributed by atoms with van der Waals surface area (Å²) in [6.45, 7) is 1.84. The second-order valence-corrected chi connectivity index (χ2v) is 5.13. The minimum Gasteiger partial charge on any atom is -0.508 e. The van der Waals surface area contributed by atoms with E-state index in [0.29, 0.717) is 18.6 Å². The molecule has 0 bridgehead atoms. The van der Waals surface area contributed by atoms with Gasteiger partial charge in [0.15, 0.2) is 0 Å². The molecule has 1 aliphatic heterocycles. The Kier molecular flexibility index (Phi) is 2.93. The monoisotopic (exact) mass is 272 g/mol. The summed E-state index contributed by atoms with van der Waals surface area (Å²) in [6, 6.07) is 8.31. The number of aromatic hydroxyl groups is 3. The highest BCUT2D eigenvalue weighted by atomic mass is 16.5. The Balaban J connectivity index is 1.93. The van der Waals surface area contributed by atoms with E-state index in [0.717, 1.165) is 16.7 Å². The van der Waals surface area contributed by atoms with Gasteiger partial charge in [-0.2, -0.15) is 0 Å². The molecule has 4 nitrogen and oxygen atoms in total. The third-order valence-corrected chi connectivity index (χ3v) is 3.70. The van der Waals surface area contributed by atoms with Gasteiger partial charge in [-0.1, -0.05) is 12.1 Å². The minimum atomic E-state index is -0.185. The largest absolute Gasteiger partial charge is 0.508 e. The van der Waals surface area contributed by atoms with Crippen molar-refractivity contribution in [2.75, 3.05) is 0 Å². The summed E-state index contributed by atoms with van der Waals surface area (Å²) in [5, 5.41) is 29.1. The molecule has 0 amide bonds. The van der Waals surface area contributed by atoms with Crippen LogP contribution in [0.1, 0.15) is 29.2 Å². The Hall–Kier alpha value is -2.36. The van der Waals surface area contributed by atoms with Gasteiger partial charge in [0.1, 0.15) is 29.1 Å². The van der Waals surface area contributed by atoms with Crippen LogP contribution in [0.4, 0.5) is 0 Å². The number of ether oxygens (including phenoxy) is 1. The van der Waals surface area contributed by atoms with Crippen molar-refractivity contribution < 1.29 is 20.1 Å². The fourth-order valence-electron chi connectivity index (χ4n) is 2.52. The van der Waals surface area contributed by atoms with Crippen molar-refractivity contribution >= 4 is 0 Å². The highest BCUT2D eigenvalue weighted by Crippen LogP contribution is 2.42. The predicted molar refractivity (Wildman–Crippen MR) is 74.3 cm³/mol. The Morgan fingerprint density at radius 2 is 1.85 bits per heavy atom. The lowest BCUT2D eigenvalue weighted by Crippen LogP contribution is -2.15. The molecule has 3 N–H and O–H groups in total. The van der Waals surface area contributed by atoms with Crippen LogP contribution in [-0.2, 0) is 6.42 Å².